The molecule has 0 aromatic carbocycles. The SMILES string of the molecule is COC(=O)[C@@H]1CC(C)(C)c2c(Cl)nc(NC3CCCC3)c(=O)n21. The van der Waals surface area contributed by atoms with Crippen molar-refractivity contribution in [3.05, 3.63) is 21.2 Å². The fourth-order valence-corrected chi connectivity index (χ4v) is 4.20. The Morgan fingerprint density at radius 3 is 2.65 bits per heavy atom. The van der Waals surface area contributed by atoms with Crippen LogP contribution >= 0.6 is 11.6 Å². The van der Waals surface area contributed by atoms with Gasteiger partial charge in [0, 0.05) is 11.5 Å². The molecule has 1 atom stereocenters. The number of anilines is 1. The van der Waals surface area contributed by atoms with Gasteiger partial charge >= 0.3 is 5.97 Å². The van der Waals surface area contributed by atoms with Crippen molar-refractivity contribution in [2.24, 2.45) is 0 Å². The molecule has 1 saturated carbocycles. The minimum Gasteiger partial charge on any atom is -0.467 e. The number of hydrogen-bond donors (Lipinski definition) is 1. The van der Waals surface area contributed by atoms with Gasteiger partial charge in [0.25, 0.3) is 5.56 Å². The van der Waals surface area contributed by atoms with E-state index >= 15 is 0 Å². The third-order valence-electron chi connectivity index (χ3n) is 4.89. The van der Waals surface area contributed by atoms with Crippen molar-refractivity contribution >= 4 is 23.4 Å². The first-order valence-electron chi connectivity index (χ1n) is 8.02. The van der Waals surface area contributed by atoms with Gasteiger partial charge in [-0.05, 0) is 19.3 Å². The molecule has 7 heteroatoms. The summed E-state index contributed by atoms with van der Waals surface area (Å²) in [7, 11) is 1.33. The highest BCUT2D eigenvalue weighted by atomic mass is 35.5. The Hall–Kier alpha value is -1.56. The van der Waals surface area contributed by atoms with Crippen molar-refractivity contribution < 1.29 is 9.53 Å². The number of halogens is 1. The number of nitrogens with one attached hydrogen (secondary N) is 1. The van der Waals surface area contributed by atoms with E-state index in [0.29, 0.717) is 12.1 Å². The van der Waals surface area contributed by atoms with Crippen LogP contribution in [-0.4, -0.2) is 28.7 Å². The summed E-state index contributed by atoms with van der Waals surface area (Å²) in [4.78, 5) is 29.3. The molecule has 1 fully saturated rings. The predicted molar refractivity (Wildman–Crippen MR) is 88.1 cm³/mol. The van der Waals surface area contributed by atoms with Crippen LogP contribution in [0.25, 0.3) is 0 Å². The Morgan fingerprint density at radius 1 is 1.39 bits per heavy atom. The van der Waals surface area contributed by atoms with Gasteiger partial charge in [-0.3, -0.25) is 9.36 Å². The molecule has 1 aromatic heterocycles. The first kappa shape index (κ1) is 16.3. The average molecular weight is 340 g/mol. The minimum absolute atomic E-state index is 0.234. The summed E-state index contributed by atoms with van der Waals surface area (Å²) in [5.41, 5.74) is -0.0950. The van der Waals surface area contributed by atoms with Gasteiger partial charge in [-0.2, -0.15) is 0 Å². The summed E-state index contributed by atoms with van der Waals surface area (Å²) in [5.74, 6) is -0.190. The van der Waals surface area contributed by atoms with Crippen LogP contribution in [0, 0.1) is 0 Å². The van der Waals surface area contributed by atoms with E-state index in [2.05, 4.69) is 10.3 Å². The first-order valence-corrected chi connectivity index (χ1v) is 8.40. The monoisotopic (exact) mass is 339 g/mol. The van der Waals surface area contributed by atoms with E-state index in [1.54, 1.807) is 0 Å². The molecule has 23 heavy (non-hydrogen) atoms. The lowest BCUT2D eigenvalue weighted by atomic mass is 9.87. The van der Waals surface area contributed by atoms with E-state index in [1.165, 1.54) is 11.7 Å². The van der Waals surface area contributed by atoms with E-state index in [0.717, 1.165) is 25.7 Å². The number of hydrogen-bond acceptors (Lipinski definition) is 5. The average Bonchev–Trinajstić information content (AvgIpc) is 3.09. The molecule has 1 aliphatic carbocycles. The Bertz CT molecular complexity index is 693. The number of ether oxygens (including phenoxy) is 1. The minimum atomic E-state index is -0.651. The normalized spacial score (nSPS) is 22.9. The molecule has 0 spiro atoms. The second-order valence-corrected chi connectivity index (χ2v) is 7.39. The number of aromatic nitrogens is 2. The summed E-state index contributed by atoms with van der Waals surface area (Å²) in [6.45, 7) is 3.91. The zero-order valence-corrected chi connectivity index (χ0v) is 14.4. The van der Waals surface area contributed by atoms with Crippen molar-refractivity contribution in [1.82, 2.24) is 9.55 Å². The number of methoxy groups -OCH3 is 1. The fourth-order valence-electron chi connectivity index (χ4n) is 3.77. The highest BCUT2D eigenvalue weighted by molar-refractivity contribution is 6.30. The molecule has 0 saturated heterocycles. The van der Waals surface area contributed by atoms with Crippen LogP contribution in [0.2, 0.25) is 5.15 Å². The Labute approximate surface area is 140 Å². The van der Waals surface area contributed by atoms with Gasteiger partial charge < -0.3 is 10.1 Å². The lowest BCUT2D eigenvalue weighted by Crippen LogP contribution is -2.33. The zero-order valence-electron chi connectivity index (χ0n) is 13.7. The lowest BCUT2D eigenvalue weighted by Gasteiger charge is -2.20. The fraction of sp³-hybridized carbons (Fsp3) is 0.688. The maximum Gasteiger partial charge on any atom is 0.329 e. The quantitative estimate of drug-likeness (QED) is 0.857. The molecule has 0 unspecified atom stereocenters. The highest BCUT2D eigenvalue weighted by Crippen LogP contribution is 2.43. The molecule has 126 valence electrons. The molecule has 1 N–H and O–H groups in total. The lowest BCUT2D eigenvalue weighted by molar-refractivity contribution is -0.144. The second-order valence-electron chi connectivity index (χ2n) is 7.03. The van der Waals surface area contributed by atoms with E-state index < -0.39 is 17.4 Å². The van der Waals surface area contributed by atoms with E-state index in [9.17, 15) is 9.59 Å². The number of esters is 1. The Balaban J connectivity index is 2.09. The molecule has 0 radical (unpaired) electrons. The van der Waals surface area contributed by atoms with Gasteiger partial charge in [0.15, 0.2) is 11.0 Å². The Morgan fingerprint density at radius 2 is 2.04 bits per heavy atom. The molecule has 3 rings (SSSR count). The van der Waals surface area contributed by atoms with Crippen molar-refractivity contribution in [2.45, 2.75) is 63.5 Å². The number of carbonyl (C=O) groups excluding carboxylic acids is 1. The molecule has 0 amide bonds. The predicted octanol–water partition coefficient (Wildman–Crippen LogP) is 2.65. The van der Waals surface area contributed by atoms with Gasteiger partial charge in [-0.25, -0.2) is 9.78 Å². The smallest absolute Gasteiger partial charge is 0.329 e. The maximum absolute atomic E-state index is 12.9. The third kappa shape index (κ3) is 2.73. The molecular formula is C16H22ClN3O3. The summed E-state index contributed by atoms with van der Waals surface area (Å²) < 4.78 is 6.34. The van der Waals surface area contributed by atoms with E-state index in [4.69, 9.17) is 16.3 Å². The van der Waals surface area contributed by atoms with Crippen LogP contribution < -0.4 is 10.9 Å². The van der Waals surface area contributed by atoms with Crippen molar-refractivity contribution in [3.63, 3.8) is 0 Å². The van der Waals surface area contributed by atoms with Gasteiger partial charge in [0.2, 0.25) is 0 Å². The molecule has 0 bridgehead atoms. The largest absolute Gasteiger partial charge is 0.467 e. The van der Waals surface area contributed by atoms with Gasteiger partial charge in [-0.15, -0.1) is 0 Å². The summed E-state index contributed by atoms with van der Waals surface area (Å²) in [6, 6.07) is -0.405. The zero-order chi connectivity index (χ0) is 16.8. The van der Waals surface area contributed by atoms with Gasteiger partial charge in [0.05, 0.1) is 12.8 Å². The molecule has 6 nitrogen and oxygen atoms in total. The van der Waals surface area contributed by atoms with Gasteiger partial charge in [-0.1, -0.05) is 38.3 Å². The number of carbonyl (C=O) groups is 1. The van der Waals surface area contributed by atoms with Crippen LogP contribution in [0.4, 0.5) is 5.82 Å². The second kappa shape index (κ2) is 5.82. The van der Waals surface area contributed by atoms with Crippen LogP contribution in [0.3, 0.4) is 0 Å². The standard InChI is InChI=1S/C16H22ClN3O3/c1-16(2)8-10(15(22)23-3)20-11(16)12(17)19-13(14(20)21)18-9-6-4-5-7-9/h9-10H,4-8H2,1-3H3,(H,18,19)/t10-/m0/s1. The highest BCUT2D eigenvalue weighted by Gasteiger charge is 2.44. The van der Waals surface area contributed by atoms with Crippen LogP contribution in [-0.2, 0) is 14.9 Å². The number of nitrogens with zero attached hydrogens (tertiary/aromatic N) is 2. The summed E-state index contributed by atoms with van der Waals surface area (Å²) in [6.07, 6.45) is 4.81. The van der Waals surface area contributed by atoms with Crippen LogP contribution in [0.15, 0.2) is 4.79 Å². The summed E-state index contributed by atoms with van der Waals surface area (Å²) >= 11 is 6.37. The molecule has 2 aliphatic rings. The first-order chi connectivity index (χ1) is 10.8. The van der Waals surface area contributed by atoms with Gasteiger partial charge in [0.1, 0.15) is 6.04 Å². The van der Waals surface area contributed by atoms with Crippen molar-refractivity contribution in [1.29, 1.82) is 0 Å². The number of fused-ring (bicyclic) bond motifs is 1. The van der Waals surface area contributed by atoms with Crippen LogP contribution in [0.1, 0.15) is 57.7 Å². The van der Waals surface area contributed by atoms with Crippen molar-refractivity contribution in [2.75, 3.05) is 12.4 Å². The number of rotatable bonds is 3. The van der Waals surface area contributed by atoms with E-state index in [1.807, 2.05) is 13.8 Å². The molecule has 1 aliphatic heterocycles. The molecule has 1 aromatic rings. The topological polar surface area (TPSA) is 73.2 Å². The van der Waals surface area contributed by atoms with Crippen molar-refractivity contribution in [3.8, 4) is 0 Å². The van der Waals surface area contributed by atoms with Crippen LogP contribution in [0.5, 0.6) is 0 Å². The summed E-state index contributed by atoms with van der Waals surface area (Å²) in [5, 5.41) is 3.48. The Kier molecular flexibility index (Phi) is 4.12. The van der Waals surface area contributed by atoms with E-state index in [-0.39, 0.29) is 22.6 Å². The molecular weight excluding hydrogens is 318 g/mol. The maximum atomic E-state index is 12.9. The molecule has 2 heterocycles. The third-order valence-corrected chi connectivity index (χ3v) is 5.16.